The first kappa shape index (κ1) is 29.3. The van der Waals surface area contributed by atoms with Gasteiger partial charge in [-0.1, -0.05) is 23.2 Å². The minimum atomic E-state index is -0.0757. The molecule has 5 rings (SSSR count). The van der Waals surface area contributed by atoms with E-state index in [9.17, 15) is 14.4 Å². The maximum Gasteiger partial charge on any atom is 0.273 e. The van der Waals surface area contributed by atoms with Gasteiger partial charge in [-0.25, -0.2) is 4.98 Å². The Morgan fingerprint density at radius 1 is 0.927 bits per heavy atom. The maximum absolute atomic E-state index is 13.2. The second kappa shape index (κ2) is 13.2. The minimum Gasteiger partial charge on any atom is -0.497 e. The lowest BCUT2D eigenvalue weighted by Crippen LogP contribution is -2.49. The number of hydrogen-bond donors (Lipinski definition) is 0. The molecule has 2 saturated heterocycles. The van der Waals surface area contributed by atoms with Crippen LogP contribution in [-0.2, 0) is 4.79 Å². The van der Waals surface area contributed by atoms with E-state index in [1.165, 1.54) is 11.3 Å². The fourth-order valence-electron chi connectivity index (χ4n) is 5.25. The number of anilines is 1. The molecule has 2 fully saturated rings. The number of Topliss-reactive ketones (excluding diaryl/α,β-unsaturated/α-hetero) is 1. The molecule has 216 valence electrons. The van der Waals surface area contributed by atoms with Crippen LogP contribution in [0.4, 0.5) is 5.69 Å². The van der Waals surface area contributed by atoms with Gasteiger partial charge in [0.2, 0.25) is 5.91 Å². The van der Waals surface area contributed by atoms with Crippen molar-refractivity contribution in [3.63, 3.8) is 0 Å². The molecule has 0 aliphatic carbocycles. The van der Waals surface area contributed by atoms with Crippen LogP contribution in [0.15, 0.2) is 42.0 Å². The molecule has 0 unspecified atom stereocenters. The third-order valence-corrected chi connectivity index (χ3v) is 9.19. The molecule has 2 amide bonds. The molecular weight excluding hydrogens is 585 g/mol. The molecule has 4 heterocycles. The summed E-state index contributed by atoms with van der Waals surface area (Å²) < 4.78 is 5.13. The summed E-state index contributed by atoms with van der Waals surface area (Å²) in [7, 11) is 1.58. The molecule has 0 saturated carbocycles. The van der Waals surface area contributed by atoms with Crippen LogP contribution in [0.3, 0.4) is 0 Å². The molecular formula is C29H31Cl2N5O4S. The monoisotopic (exact) mass is 615 g/mol. The second-order valence-electron chi connectivity index (χ2n) is 10.1. The van der Waals surface area contributed by atoms with Crippen LogP contribution in [0.5, 0.6) is 5.75 Å². The maximum atomic E-state index is 13.2. The molecule has 0 N–H and O–H groups in total. The van der Waals surface area contributed by atoms with Crippen molar-refractivity contribution in [2.24, 2.45) is 0 Å². The molecule has 3 aromatic rings. The summed E-state index contributed by atoms with van der Waals surface area (Å²) in [6, 6.07) is 6.93. The normalized spacial score (nSPS) is 16.1. The first-order valence-electron chi connectivity index (χ1n) is 13.6. The van der Waals surface area contributed by atoms with Crippen LogP contribution < -0.4 is 9.64 Å². The Morgan fingerprint density at radius 3 is 2.22 bits per heavy atom. The van der Waals surface area contributed by atoms with Gasteiger partial charge in [0.25, 0.3) is 5.91 Å². The Morgan fingerprint density at radius 2 is 1.59 bits per heavy atom. The van der Waals surface area contributed by atoms with Crippen molar-refractivity contribution >= 4 is 57.8 Å². The van der Waals surface area contributed by atoms with Crippen molar-refractivity contribution < 1.29 is 19.1 Å². The number of amides is 2. The van der Waals surface area contributed by atoms with Crippen LogP contribution in [-0.4, -0.2) is 83.7 Å². The molecule has 0 atom stereocenters. The highest BCUT2D eigenvalue weighted by Crippen LogP contribution is 2.34. The lowest BCUT2D eigenvalue weighted by atomic mass is 9.97. The number of nitrogens with zero attached hydrogens (tertiary/aromatic N) is 5. The number of carbonyl (C=O) groups is 3. The molecule has 0 spiro atoms. The molecule has 2 aliphatic rings. The van der Waals surface area contributed by atoms with Gasteiger partial charge in [-0.2, -0.15) is 0 Å². The summed E-state index contributed by atoms with van der Waals surface area (Å²) >= 11 is 14.1. The number of piperidine rings is 1. The highest BCUT2D eigenvalue weighted by atomic mass is 35.5. The van der Waals surface area contributed by atoms with E-state index in [0.29, 0.717) is 66.3 Å². The van der Waals surface area contributed by atoms with Crippen molar-refractivity contribution in [3.8, 4) is 5.75 Å². The number of halogens is 2. The summed E-state index contributed by atoms with van der Waals surface area (Å²) in [4.78, 5) is 52.9. The number of piperazine rings is 1. The van der Waals surface area contributed by atoms with Gasteiger partial charge in [-0.15, -0.1) is 11.3 Å². The molecule has 1 aromatic carbocycles. The Labute approximate surface area is 253 Å². The topological polar surface area (TPSA) is 95.9 Å². The highest BCUT2D eigenvalue weighted by molar-refractivity contribution is 7.09. The van der Waals surface area contributed by atoms with Crippen LogP contribution in [0.25, 0.3) is 0 Å². The summed E-state index contributed by atoms with van der Waals surface area (Å²) in [6.07, 6.45) is 5.08. The number of ketones is 1. The molecule has 9 nitrogen and oxygen atoms in total. The van der Waals surface area contributed by atoms with Gasteiger partial charge in [0.05, 0.1) is 27.9 Å². The van der Waals surface area contributed by atoms with Crippen LogP contribution in [0.2, 0.25) is 10.0 Å². The number of methoxy groups -OCH3 is 1. The average molecular weight is 617 g/mol. The summed E-state index contributed by atoms with van der Waals surface area (Å²) in [5, 5.41) is 3.76. The van der Waals surface area contributed by atoms with Gasteiger partial charge < -0.3 is 19.4 Å². The quantitative estimate of drug-likeness (QED) is 0.322. The fourth-order valence-corrected chi connectivity index (χ4v) is 6.82. The molecule has 0 bridgehead atoms. The van der Waals surface area contributed by atoms with Gasteiger partial charge in [-0.05, 0) is 37.1 Å². The van der Waals surface area contributed by atoms with Gasteiger partial charge >= 0.3 is 0 Å². The molecule has 2 aromatic heterocycles. The van der Waals surface area contributed by atoms with E-state index in [1.807, 2.05) is 15.2 Å². The predicted octanol–water partition coefficient (Wildman–Crippen LogP) is 5.19. The first-order chi connectivity index (χ1) is 19.8. The standard InChI is InChI=1S/C29H31Cl2N5O4S/c1-40-21-4-2-19(3-5-21)25(37)6-7-26(38)34-10-8-20(9-11-34)28-33-24(18-41-28)29(39)36-14-12-35(13-15-36)27-22(30)16-32-17-23(27)31/h2-5,16-18,20H,6-15H2,1H3. The number of aromatic nitrogens is 2. The molecule has 0 radical (unpaired) electrons. The van der Waals surface area contributed by atoms with Crippen LogP contribution >= 0.6 is 34.5 Å². The largest absolute Gasteiger partial charge is 0.497 e. The van der Waals surface area contributed by atoms with E-state index < -0.39 is 0 Å². The zero-order chi connectivity index (χ0) is 28.9. The van der Waals surface area contributed by atoms with Crippen molar-refractivity contribution in [2.45, 2.75) is 31.6 Å². The van der Waals surface area contributed by atoms with E-state index in [0.717, 1.165) is 23.5 Å². The number of ether oxygens (including phenoxy) is 1. The first-order valence-corrected chi connectivity index (χ1v) is 15.2. The number of likely N-dealkylation sites (tertiary alicyclic amines) is 1. The van der Waals surface area contributed by atoms with Crippen LogP contribution in [0.1, 0.15) is 57.5 Å². The van der Waals surface area contributed by atoms with Gasteiger partial charge in [0.15, 0.2) is 5.78 Å². The summed E-state index contributed by atoms with van der Waals surface area (Å²) in [5.41, 5.74) is 1.80. The van der Waals surface area contributed by atoms with Crippen LogP contribution in [0, 0.1) is 0 Å². The lowest BCUT2D eigenvalue weighted by Gasteiger charge is -2.36. The third-order valence-electron chi connectivity index (χ3n) is 7.63. The summed E-state index contributed by atoms with van der Waals surface area (Å²) in [6.45, 7) is 3.55. The van der Waals surface area contributed by atoms with Gasteiger partial charge in [0, 0.05) is 81.4 Å². The second-order valence-corrected chi connectivity index (χ2v) is 11.8. The zero-order valence-electron chi connectivity index (χ0n) is 22.7. The van der Waals surface area contributed by atoms with Crippen molar-refractivity contribution in [1.82, 2.24) is 19.8 Å². The minimum absolute atomic E-state index is 0.00574. The Bertz CT molecular complexity index is 1380. The lowest BCUT2D eigenvalue weighted by molar-refractivity contribution is -0.132. The Balaban J connectivity index is 1.08. The molecule has 12 heteroatoms. The smallest absolute Gasteiger partial charge is 0.273 e. The zero-order valence-corrected chi connectivity index (χ0v) is 25.1. The van der Waals surface area contributed by atoms with E-state index in [2.05, 4.69) is 9.88 Å². The van der Waals surface area contributed by atoms with E-state index >= 15 is 0 Å². The van der Waals surface area contributed by atoms with Gasteiger partial charge in [-0.3, -0.25) is 19.4 Å². The number of hydrogen-bond acceptors (Lipinski definition) is 8. The number of rotatable bonds is 8. The predicted molar refractivity (Wildman–Crippen MR) is 160 cm³/mol. The van der Waals surface area contributed by atoms with Crippen molar-refractivity contribution in [2.75, 3.05) is 51.3 Å². The number of thiazole rings is 1. The molecule has 41 heavy (non-hydrogen) atoms. The summed E-state index contributed by atoms with van der Waals surface area (Å²) in [5.74, 6) is 0.761. The average Bonchev–Trinajstić information content (AvgIpc) is 3.50. The number of pyridine rings is 1. The third kappa shape index (κ3) is 6.82. The van der Waals surface area contributed by atoms with Crippen molar-refractivity contribution in [1.29, 1.82) is 0 Å². The van der Waals surface area contributed by atoms with E-state index in [-0.39, 0.29) is 36.4 Å². The van der Waals surface area contributed by atoms with E-state index in [4.69, 9.17) is 32.9 Å². The highest BCUT2D eigenvalue weighted by Gasteiger charge is 2.29. The Hall–Kier alpha value is -3.21. The number of carbonyl (C=O) groups excluding carboxylic acids is 3. The van der Waals surface area contributed by atoms with Gasteiger partial charge in [0.1, 0.15) is 11.4 Å². The SMILES string of the molecule is COc1ccc(C(=O)CCC(=O)N2CCC(c3nc(C(=O)N4CCN(c5c(Cl)cncc5Cl)CC4)cs3)CC2)cc1. The molecule has 2 aliphatic heterocycles. The Kier molecular flexibility index (Phi) is 9.42. The number of benzene rings is 1. The van der Waals surface area contributed by atoms with E-state index in [1.54, 1.807) is 43.8 Å². The fraction of sp³-hybridized carbons (Fsp3) is 0.414. The van der Waals surface area contributed by atoms with Crippen molar-refractivity contribution in [3.05, 3.63) is 68.3 Å².